The second kappa shape index (κ2) is 6.63. The van der Waals surface area contributed by atoms with Crippen LogP contribution >= 0.6 is 27.5 Å². The van der Waals surface area contributed by atoms with Gasteiger partial charge in [0.2, 0.25) is 0 Å². The van der Waals surface area contributed by atoms with Crippen molar-refractivity contribution in [1.29, 1.82) is 0 Å². The van der Waals surface area contributed by atoms with Crippen molar-refractivity contribution in [1.82, 2.24) is 5.32 Å². The van der Waals surface area contributed by atoms with E-state index >= 15 is 0 Å². The zero-order chi connectivity index (χ0) is 13.7. The summed E-state index contributed by atoms with van der Waals surface area (Å²) in [6.07, 6.45) is 0. The second-order valence-electron chi connectivity index (χ2n) is 3.66. The van der Waals surface area contributed by atoms with Crippen LogP contribution in [0.25, 0.3) is 0 Å². The van der Waals surface area contributed by atoms with E-state index in [1.807, 2.05) is 24.3 Å². The van der Waals surface area contributed by atoms with Gasteiger partial charge in [0.05, 0.1) is 6.54 Å². The van der Waals surface area contributed by atoms with Gasteiger partial charge in [-0.05, 0) is 48.0 Å². The van der Waals surface area contributed by atoms with E-state index in [0.717, 1.165) is 10.2 Å². The smallest absolute Gasteiger partial charge is 0.287 e. The Balaban J connectivity index is 1.72. The topological polar surface area (TPSA) is 51.5 Å². The van der Waals surface area contributed by atoms with Crippen molar-refractivity contribution in [3.8, 4) is 5.75 Å². The van der Waals surface area contributed by atoms with Gasteiger partial charge in [-0.15, -0.1) is 0 Å². The number of furan rings is 1. The van der Waals surface area contributed by atoms with E-state index in [2.05, 4.69) is 21.2 Å². The third kappa shape index (κ3) is 4.29. The highest BCUT2D eigenvalue weighted by molar-refractivity contribution is 9.10. The number of carbonyl (C=O) groups excluding carboxylic acids is 1. The SMILES string of the molecule is O=C(NCCOc1ccc(Br)cc1)c1ccc(Cl)o1. The van der Waals surface area contributed by atoms with Crippen molar-refractivity contribution in [3.05, 3.63) is 51.9 Å². The summed E-state index contributed by atoms with van der Waals surface area (Å²) in [5, 5.41) is 2.86. The lowest BCUT2D eigenvalue weighted by atomic mass is 10.3. The number of rotatable bonds is 5. The number of amides is 1. The quantitative estimate of drug-likeness (QED) is 0.845. The summed E-state index contributed by atoms with van der Waals surface area (Å²) >= 11 is 8.92. The molecule has 0 aliphatic rings. The average Bonchev–Trinajstić information content (AvgIpc) is 2.83. The number of carbonyl (C=O) groups is 1. The summed E-state index contributed by atoms with van der Waals surface area (Å²) < 4.78 is 11.4. The molecule has 0 bridgehead atoms. The molecule has 6 heteroatoms. The van der Waals surface area contributed by atoms with E-state index in [1.54, 1.807) is 0 Å². The number of ether oxygens (including phenoxy) is 1. The molecule has 0 aliphatic carbocycles. The fraction of sp³-hybridized carbons (Fsp3) is 0.154. The van der Waals surface area contributed by atoms with Crippen LogP contribution in [0.15, 0.2) is 45.3 Å². The molecule has 2 aromatic rings. The van der Waals surface area contributed by atoms with Crippen molar-refractivity contribution < 1.29 is 13.9 Å². The van der Waals surface area contributed by atoms with Crippen LogP contribution in [0.4, 0.5) is 0 Å². The lowest BCUT2D eigenvalue weighted by molar-refractivity contribution is 0.0919. The first kappa shape index (κ1) is 14.0. The minimum Gasteiger partial charge on any atom is -0.492 e. The number of benzene rings is 1. The maximum atomic E-state index is 11.6. The van der Waals surface area contributed by atoms with E-state index in [-0.39, 0.29) is 16.9 Å². The predicted octanol–water partition coefficient (Wildman–Crippen LogP) is 3.50. The van der Waals surface area contributed by atoms with Crippen LogP contribution in [-0.4, -0.2) is 19.1 Å². The first-order chi connectivity index (χ1) is 9.15. The van der Waals surface area contributed by atoms with E-state index in [9.17, 15) is 4.79 Å². The highest BCUT2D eigenvalue weighted by Gasteiger charge is 2.09. The molecule has 0 unspecified atom stereocenters. The van der Waals surface area contributed by atoms with E-state index in [4.69, 9.17) is 20.8 Å². The molecule has 0 aliphatic heterocycles. The summed E-state index contributed by atoms with van der Waals surface area (Å²) in [4.78, 5) is 11.6. The summed E-state index contributed by atoms with van der Waals surface area (Å²) in [5.74, 6) is 0.624. The first-order valence-electron chi connectivity index (χ1n) is 5.57. The Morgan fingerprint density at radius 1 is 1.26 bits per heavy atom. The fourth-order valence-electron chi connectivity index (χ4n) is 1.39. The zero-order valence-corrected chi connectivity index (χ0v) is 12.2. The number of hydrogen-bond donors (Lipinski definition) is 1. The van der Waals surface area contributed by atoms with Gasteiger partial charge in [0.1, 0.15) is 12.4 Å². The van der Waals surface area contributed by atoms with E-state index in [0.29, 0.717) is 13.2 Å². The maximum absolute atomic E-state index is 11.6. The Kier molecular flexibility index (Phi) is 4.87. The molecule has 19 heavy (non-hydrogen) atoms. The normalized spacial score (nSPS) is 10.2. The average molecular weight is 345 g/mol. The molecular formula is C13H11BrClNO3. The van der Waals surface area contributed by atoms with Gasteiger partial charge >= 0.3 is 0 Å². The summed E-state index contributed by atoms with van der Waals surface area (Å²) in [6.45, 7) is 0.759. The molecule has 1 aromatic carbocycles. The van der Waals surface area contributed by atoms with Crippen LogP contribution in [0.3, 0.4) is 0 Å². The lowest BCUT2D eigenvalue weighted by Gasteiger charge is -2.06. The van der Waals surface area contributed by atoms with Gasteiger partial charge in [-0.2, -0.15) is 0 Å². The first-order valence-corrected chi connectivity index (χ1v) is 6.74. The summed E-state index contributed by atoms with van der Waals surface area (Å²) in [5.41, 5.74) is 0. The van der Waals surface area contributed by atoms with Crippen molar-refractivity contribution >= 4 is 33.4 Å². The van der Waals surface area contributed by atoms with Gasteiger partial charge < -0.3 is 14.5 Å². The molecule has 0 fully saturated rings. The number of nitrogens with one attached hydrogen (secondary N) is 1. The minimum absolute atomic E-state index is 0.189. The fourth-order valence-corrected chi connectivity index (χ4v) is 1.80. The molecule has 0 saturated heterocycles. The zero-order valence-electron chi connectivity index (χ0n) is 9.86. The van der Waals surface area contributed by atoms with Crippen LogP contribution < -0.4 is 10.1 Å². The van der Waals surface area contributed by atoms with Gasteiger partial charge in [-0.3, -0.25) is 4.79 Å². The Hall–Kier alpha value is -1.46. The van der Waals surface area contributed by atoms with Gasteiger partial charge in [0, 0.05) is 4.47 Å². The van der Waals surface area contributed by atoms with Gasteiger partial charge in [0.15, 0.2) is 11.0 Å². The van der Waals surface area contributed by atoms with Crippen LogP contribution in [0.5, 0.6) is 5.75 Å². The Bertz CT molecular complexity index is 553. The van der Waals surface area contributed by atoms with Crippen molar-refractivity contribution in [2.24, 2.45) is 0 Å². The summed E-state index contributed by atoms with van der Waals surface area (Å²) in [7, 11) is 0. The monoisotopic (exact) mass is 343 g/mol. The number of hydrogen-bond acceptors (Lipinski definition) is 3. The Morgan fingerprint density at radius 2 is 2.00 bits per heavy atom. The molecule has 4 nitrogen and oxygen atoms in total. The van der Waals surface area contributed by atoms with Crippen molar-refractivity contribution in [2.75, 3.05) is 13.2 Å². The standard InChI is InChI=1S/C13H11BrClNO3/c14-9-1-3-10(4-2-9)18-8-7-16-13(17)11-5-6-12(15)19-11/h1-6H,7-8H2,(H,16,17). The van der Waals surface area contributed by atoms with Crippen LogP contribution in [0.2, 0.25) is 5.22 Å². The maximum Gasteiger partial charge on any atom is 0.287 e. The second-order valence-corrected chi connectivity index (χ2v) is 4.95. The van der Waals surface area contributed by atoms with Crippen LogP contribution in [-0.2, 0) is 0 Å². The molecule has 1 heterocycles. The lowest BCUT2D eigenvalue weighted by Crippen LogP contribution is -2.27. The van der Waals surface area contributed by atoms with Crippen LogP contribution in [0, 0.1) is 0 Å². The van der Waals surface area contributed by atoms with Crippen LogP contribution in [0.1, 0.15) is 10.6 Å². The van der Waals surface area contributed by atoms with E-state index in [1.165, 1.54) is 12.1 Å². The third-order valence-corrected chi connectivity index (χ3v) is 3.00. The molecule has 0 saturated carbocycles. The number of halogens is 2. The molecule has 1 aromatic heterocycles. The van der Waals surface area contributed by atoms with Gasteiger partial charge in [-0.25, -0.2) is 0 Å². The molecule has 1 amide bonds. The molecule has 0 radical (unpaired) electrons. The van der Waals surface area contributed by atoms with Crippen molar-refractivity contribution in [3.63, 3.8) is 0 Å². The molecular weight excluding hydrogens is 334 g/mol. The molecule has 1 N–H and O–H groups in total. The third-order valence-electron chi connectivity index (χ3n) is 2.27. The predicted molar refractivity (Wildman–Crippen MR) is 75.7 cm³/mol. The molecule has 2 rings (SSSR count). The highest BCUT2D eigenvalue weighted by Crippen LogP contribution is 2.16. The molecule has 100 valence electrons. The van der Waals surface area contributed by atoms with Gasteiger partial charge in [-0.1, -0.05) is 15.9 Å². The highest BCUT2D eigenvalue weighted by atomic mass is 79.9. The molecule has 0 atom stereocenters. The summed E-state index contributed by atoms with van der Waals surface area (Å²) in [6, 6.07) is 10.5. The molecule has 0 spiro atoms. The van der Waals surface area contributed by atoms with Crippen molar-refractivity contribution in [2.45, 2.75) is 0 Å². The van der Waals surface area contributed by atoms with Gasteiger partial charge in [0.25, 0.3) is 5.91 Å². The Morgan fingerprint density at radius 3 is 2.63 bits per heavy atom. The largest absolute Gasteiger partial charge is 0.492 e. The Labute approximate surface area is 123 Å². The minimum atomic E-state index is -0.314. The van der Waals surface area contributed by atoms with E-state index < -0.39 is 0 Å².